The maximum absolute atomic E-state index is 12.3. The van der Waals surface area contributed by atoms with Crippen LogP contribution in [-0.4, -0.2) is 35.6 Å². The number of anilines is 3. The molecule has 0 aliphatic carbocycles. The van der Waals surface area contributed by atoms with Gasteiger partial charge in [-0.05, 0) is 36.4 Å². The molecular weight excluding hydrogens is 448 g/mol. The molecule has 1 heterocycles. The highest BCUT2D eigenvalue weighted by Crippen LogP contribution is 2.25. The second kappa shape index (κ2) is 11.3. The minimum Gasteiger partial charge on any atom is -0.495 e. The normalized spacial score (nSPS) is 10.3. The van der Waals surface area contributed by atoms with Crippen molar-refractivity contribution in [3.05, 3.63) is 59.6 Å². The first kappa shape index (κ1) is 23.3. The Hall–Kier alpha value is -3.37. The van der Waals surface area contributed by atoms with Crippen molar-refractivity contribution < 1.29 is 19.1 Å². The molecule has 0 radical (unpaired) electrons. The third kappa shape index (κ3) is 7.10. The van der Waals surface area contributed by atoms with E-state index in [0.717, 1.165) is 0 Å². The number of rotatable bonds is 9. The lowest BCUT2D eigenvalue weighted by Crippen LogP contribution is -2.15. The molecular formula is C22H22N4O4S2. The fraction of sp³-hybridized carbons (Fsp3) is 0.182. The minimum absolute atomic E-state index is 0.127. The standard InChI is InChI=1S/C22H22N4O4S2/c1-14(27)23-15-7-9-16(10-8-15)24-21(29)13-32-22-25-17(12-31-22)11-20(28)26-18-5-3-4-6-19(18)30-2/h3-10,12H,11,13H2,1-2H3,(H,23,27)(H,24,29)(H,26,28). The number of aromatic nitrogens is 1. The van der Waals surface area contributed by atoms with Crippen LogP contribution in [0.5, 0.6) is 5.75 Å². The molecule has 3 N–H and O–H groups in total. The summed E-state index contributed by atoms with van der Waals surface area (Å²) in [7, 11) is 1.55. The summed E-state index contributed by atoms with van der Waals surface area (Å²) in [5, 5.41) is 10.1. The van der Waals surface area contributed by atoms with Crippen LogP contribution in [0.15, 0.2) is 58.3 Å². The zero-order valence-electron chi connectivity index (χ0n) is 17.5. The zero-order valence-corrected chi connectivity index (χ0v) is 19.1. The number of thiazole rings is 1. The molecule has 32 heavy (non-hydrogen) atoms. The number of para-hydroxylation sites is 2. The number of carbonyl (C=O) groups is 3. The van der Waals surface area contributed by atoms with Crippen molar-refractivity contribution in [3.8, 4) is 5.75 Å². The summed E-state index contributed by atoms with van der Waals surface area (Å²) < 4.78 is 5.94. The van der Waals surface area contributed by atoms with Gasteiger partial charge in [0.1, 0.15) is 5.75 Å². The monoisotopic (exact) mass is 470 g/mol. The van der Waals surface area contributed by atoms with Gasteiger partial charge in [-0.25, -0.2) is 4.98 Å². The fourth-order valence-electron chi connectivity index (χ4n) is 2.71. The molecule has 2 aromatic carbocycles. The Morgan fingerprint density at radius 3 is 2.34 bits per heavy atom. The van der Waals surface area contributed by atoms with Crippen molar-refractivity contribution >= 4 is 57.9 Å². The molecule has 0 aliphatic heterocycles. The number of nitrogens with zero attached hydrogens (tertiary/aromatic N) is 1. The van der Waals surface area contributed by atoms with E-state index in [1.807, 2.05) is 17.5 Å². The second-order valence-electron chi connectivity index (χ2n) is 6.63. The topological polar surface area (TPSA) is 109 Å². The molecule has 166 valence electrons. The number of methoxy groups -OCH3 is 1. The highest BCUT2D eigenvalue weighted by Gasteiger charge is 2.12. The molecule has 8 nitrogen and oxygen atoms in total. The number of thioether (sulfide) groups is 1. The van der Waals surface area contributed by atoms with E-state index in [1.165, 1.54) is 30.0 Å². The molecule has 3 aromatic rings. The van der Waals surface area contributed by atoms with E-state index in [9.17, 15) is 14.4 Å². The fourth-order valence-corrected chi connectivity index (χ4v) is 4.35. The molecule has 0 saturated carbocycles. The van der Waals surface area contributed by atoms with Gasteiger partial charge in [0.15, 0.2) is 4.34 Å². The molecule has 0 unspecified atom stereocenters. The van der Waals surface area contributed by atoms with Crippen molar-refractivity contribution in [1.29, 1.82) is 0 Å². The van der Waals surface area contributed by atoms with Crippen LogP contribution in [-0.2, 0) is 20.8 Å². The third-order valence-electron chi connectivity index (χ3n) is 4.07. The van der Waals surface area contributed by atoms with Gasteiger partial charge >= 0.3 is 0 Å². The largest absolute Gasteiger partial charge is 0.495 e. The summed E-state index contributed by atoms with van der Waals surface area (Å²) >= 11 is 2.69. The van der Waals surface area contributed by atoms with Crippen LogP contribution >= 0.6 is 23.1 Å². The first-order valence-corrected chi connectivity index (χ1v) is 11.5. The van der Waals surface area contributed by atoms with Crippen LogP contribution in [0.2, 0.25) is 0 Å². The number of amides is 3. The smallest absolute Gasteiger partial charge is 0.234 e. The van der Waals surface area contributed by atoms with Gasteiger partial charge in [0.25, 0.3) is 0 Å². The molecule has 0 aliphatic rings. The molecule has 0 fully saturated rings. The lowest BCUT2D eigenvalue weighted by molar-refractivity contribution is -0.116. The Morgan fingerprint density at radius 1 is 0.969 bits per heavy atom. The van der Waals surface area contributed by atoms with Gasteiger partial charge in [0, 0.05) is 23.7 Å². The maximum atomic E-state index is 12.3. The van der Waals surface area contributed by atoms with E-state index < -0.39 is 0 Å². The van der Waals surface area contributed by atoms with Crippen molar-refractivity contribution in [2.75, 3.05) is 28.8 Å². The third-order valence-corrected chi connectivity index (χ3v) is 6.14. The average molecular weight is 471 g/mol. The van der Waals surface area contributed by atoms with Gasteiger partial charge in [-0.15, -0.1) is 11.3 Å². The number of benzene rings is 2. The summed E-state index contributed by atoms with van der Waals surface area (Å²) in [6, 6.07) is 14.1. The van der Waals surface area contributed by atoms with Gasteiger partial charge in [-0.2, -0.15) is 0 Å². The number of nitrogens with one attached hydrogen (secondary N) is 3. The van der Waals surface area contributed by atoms with Gasteiger partial charge in [-0.1, -0.05) is 23.9 Å². The summed E-state index contributed by atoms with van der Waals surface area (Å²) in [4.78, 5) is 40.0. The lowest BCUT2D eigenvalue weighted by atomic mass is 10.2. The lowest BCUT2D eigenvalue weighted by Gasteiger charge is -2.09. The van der Waals surface area contributed by atoms with Crippen LogP contribution in [0.3, 0.4) is 0 Å². The predicted molar refractivity (Wildman–Crippen MR) is 128 cm³/mol. The quantitative estimate of drug-likeness (QED) is 0.408. The Labute approximate surface area is 193 Å². The number of ether oxygens (including phenoxy) is 1. The van der Waals surface area contributed by atoms with Crippen molar-refractivity contribution in [2.45, 2.75) is 17.7 Å². The average Bonchev–Trinajstić information content (AvgIpc) is 3.21. The molecule has 3 rings (SSSR count). The molecule has 0 atom stereocenters. The Balaban J connectivity index is 1.46. The van der Waals surface area contributed by atoms with E-state index in [0.29, 0.717) is 32.8 Å². The minimum atomic E-state index is -0.197. The van der Waals surface area contributed by atoms with Crippen LogP contribution in [0, 0.1) is 0 Å². The van der Waals surface area contributed by atoms with Crippen LogP contribution < -0.4 is 20.7 Å². The maximum Gasteiger partial charge on any atom is 0.234 e. The summed E-state index contributed by atoms with van der Waals surface area (Å²) in [6.45, 7) is 1.43. The predicted octanol–water partition coefficient (Wildman–Crippen LogP) is 4.02. The first-order valence-electron chi connectivity index (χ1n) is 9.60. The van der Waals surface area contributed by atoms with E-state index in [-0.39, 0.29) is 29.9 Å². The zero-order chi connectivity index (χ0) is 22.9. The summed E-state index contributed by atoms with van der Waals surface area (Å²) in [6.07, 6.45) is 0.127. The highest BCUT2D eigenvalue weighted by molar-refractivity contribution is 8.01. The Morgan fingerprint density at radius 2 is 1.66 bits per heavy atom. The Bertz CT molecular complexity index is 1100. The van der Waals surface area contributed by atoms with E-state index in [2.05, 4.69) is 20.9 Å². The van der Waals surface area contributed by atoms with Crippen LogP contribution in [0.4, 0.5) is 17.1 Å². The van der Waals surface area contributed by atoms with E-state index >= 15 is 0 Å². The van der Waals surface area contributed by atoms with E-state index in [1.54, 1.807) is 43.5 Å². The van der Waals surface area contributed by atoms with Crippen molar-refractivity contribution in [3.63, 3.8) is 0 Å². The van der Waals surface area contributed by atoms with Gasteiger partial charge in [-0.3, -0.25) is 14.4 Å². The number of hydrogen-bond donors (Lipinski definition) is 3. The second-order valence-corrected chi connectivity index (χ2v) is 8.71. The Kier molecular flexibility index (Phi) is 8.23. The summed E-state index contributed by atoms with van der Waals surface area (Å²) in [5.74, 6) is 0.252. The van der Waals surface area contributed by atoms with Gasteiger partial charge < -0.3 is 20.7 Å². The van der Waals surface area contributed by atoms with E-state index in [4.69, 9.17) is 4.74 Å². The molecule has 10 heteroatoms. The van der Waals surface area contributed by atoms with Crippen LogP contribution in [0.1, 0.15) is 12.6 Å². The molecule has 1 aromatic heterocycles. The molecule has 0 spiro atoms. The highest BCUT2D eigenvalue weighted by atomic mass is 32.2. The van der Waals surface area contributed by atoms with Crippen molar-refractivity contribution in [2.24, 2.45) is 0 Å². The molecule has 3 amide bonds. The molecule has 0 bridgehead atoms. The SMILES string of the molecule is COc1ccccc1NC(=O)Cc1csc(SCC(=O)Nc2ccc(NC(C)=O)cc2)n1. The van der Waals surface area contributed by atoms with Gasteiger partial charge in [0.05, 0.1) is 30.7 Å². The van der Waals surface area contributed by atoms with Gasteiger partial charge in [0.2, 0.25) is 17.7 Å². The molecule has 0 saturated heterocycles. The van der Waals surface area contributed by atoms with Crippen molar-refractivity contribution in [1.82, 2.24) is 4.98 Å². The number of carbonyl (C=O) groups excluding carboxylic acids is 3. The number of hydrogen-bond acceptors (Lipinski definition) is 7. The summed E-state index contributed by atoms with van der Waals surface area (Å²) in [5.41, 5.74) is 2.54. The first-order chi connectivity index (χ1) is 15.4. The van der Waals surface area contributed by atoms with Crippen LogP contribution in [0.25, 0.3) is 0 Å².